The number of pyridine rings is 1. The van der Waals surface area contributed by atoms with E-state index in [1.165, 1.54) is 21.3 Å². The van der Waals surface area contributed by atoms with Crippen molar-refractivity contribution in [2.24, 2.45) is 0 Å². The number of ether oxygens (including phenoxy) is 4. The van der Waals surface area contributed by atoms with Crippen LogP contribution in [0.25, 0.3) is 10.9 Å². The molecular formula is C20H19NO5. The van der Waals surface area contributed by atoms with E-state index in [-0.39, 0.29) is 5.78 Å². The number of fused-ring (bicyclic) bond motifs is 1. The van der Waals surface area contributed by atoms with Gasteiger partial charge in [-0.05, 0) is 30.3 Å². The monoisotopic (exact) mass is 353 g/mol. The minimum Gasteiger partial charge on any atom is -0.493 e. The Morgan fingerprint density at radius 1 is 0.846 bits per heavy atom. The molecule has 6 heteroatoms. The van der Waals surface area contributed by atoms with Gasteiger partial charge in [0.25, 0.3) is 0 Å². The molecule has 26 heavy (non-hydrogen) atoms. The summed E-state index contributed by atoms with van der Waals surface area (Å²) in [4.78, 5) is 17.7. The van der Waals surface area contributed by atoms with E-state index in [0.29, 0.717) is 39.6 Å². The van der Waals surface area contributed by atoms with Crippen molar-refractivity contribution in [2.75, 3.05) is 28.4 Å². The van der Waals surface area contributed by atoms with Crippen LogP contribution in [-0.2, 0) is 0 Å². The topological polar surface area (TPSA) is 66.9 Å². The van der Waals surface area contributed by atoms with Crippen LogP contribution in [0.3, 0.4) is 0 Å². The molecule has 0 N–H and O–H groups in total. The first-order valence-electron chi connectivity index (χ1n) is 7.91. The molecule has 0 spiro atoms. The van der Waals surface area contributed by atoms with Crippen molar-refractivity contribution in [3.8, 4) is 23.0 Å². The number of methoxy groups -OCH3 is 4. The highest BCUT2D eigenvalue weighted by Crippen LogP contribution is 2.38. The summed E-state index contributed by atoms with van der Waals surface area (Å²) in [7, 11) is 6.10. The van der Waals surface area contributed by atoms with Crippen LogP contribution in [0, 0.1) is 0 Å². The van der Waals surface area contributed by atoms with Crippen LogP contribution >= 0.6 is 0 Å². The fraction of sp³-hybridized carbons (Fsp3) is 0.200. The van der Waals surface area contributed by atoms with Gasteiger partial charge in [0, 0.05) is 17.1 Å². The summed E-state index contributed by atoms with van der Waals surface area (Å²) in [5, 5.41) is 0.786. The molecule has 0 aliphatic heterocycles. The predicted octanol–water partition coefficient (Wildman–Crippen LogP) is 3.50. The minimum absolute atomic E-state index is 0.245. The third-order valence-corrected chi connectivity index (χ3v) is 4.11. The molecule has 134 valence electrons. The molecule has 0 fully saturated rings. The Balaban J connectivity index is 2.25. The number of aromatic nitrogens is 1. The zero-order valence-corrected chi connectivity index (χ0v) is 15.0. The second-order valence-corrected chi connectivity index (χ2v) is 5.46. The summed E-state index contributed by atoms with van der Waals surface area (Å²) in [5.74, 6) is 1.59. The standard InChI is InChI=1S/C20H19NO5/c1-23-14-8-7-13(11-15(14)24-2)19(22)17-18-12(6-5-9-21-18)10-16(25-3)20(17)26-4/h5-11H,1-4H3. The van der Waals surface area contributed by atoms with Crippen LogP contribution in [0.4, 0.5) is 0 Å². The van der Waals surface area contributed by atoms with Crippen molar-refractivity contribution in [3.05, 3.63) is 53.7 Å². The summed E-state index contributed by atoms with van der Waals surface area (Å²) in [6, 6.07) is 10.5. The van der Waals surface area contributed by atoms with E-state index in [9.17, 15) is 4.79 Å². The van der Waals surface area contributed by atoms with E-state index >= 15 is 0 Å². The van der Waals surface area contributed by atoms with E-state index in [4.69, 9.17) is 18.9 Å². The van der Waals surface area contributed by atoms with Crippen LogP contribution in [-0.4, -0.2) is 39.2 Å². The van der Waals surface area contributed by atoms with E-state index in [1.807, 2.05) is 6.07 Å². The SMILES string of the molecule is COc1ccc(C(=O)c2c(OC)c(OC)cc3cccnc23)cc1OC. The molecule has 0 unspecified atom stereocenters. The summed E-state index contributed by atoms with van der Waals surface area (Å²) in [6.45, 7) is 0. The lowest BCUT2D eigenvalue weighted by Crippen LogP contribution is -2.08. The van der Waals surface area contributed by atoms with Gasteiger partial charge in [-0.3, -0.25) is 9.78 Å². The Bertz CT molecular complexity index is 968. The summed E-state index contributed by atoms with van der Waals surface area (Å²) in [6.07, 6.45) is 1.64. The van der Waals surface area contributed by atoms with Crippen LogP contribution in [0.1, 0.15) is 15.9 Å². The summed E-state index contributed by atoms with van der Waals surface area (Å²) >= 11 is 0. The van der Waals surface area contributed by atoms with E-state index in [1.54, 1.807) is 43.6 Å². The normalized spacial score (nSPS) is 10.5. The molecule has 0 aliphatic rings. The van der Waals surface area contributed by atoms with Gasteiger partial charge in [-0.15, -0.1) is 0 Å². The van der Waals surface area contributed by atoms with Crippen molar-refractivity contribution in [2.45, 2.75) is 0 Å². The number of carbonyl (C=O) groups excluding carboxylic acids is 1. The Kier molecular flexibility index (Phi) is 4.93. The molecule has 0 radical (unpaired) electrons. The number of ketones is 1. The lowest BCUT2D eigenvalue weighted by atomic mass is 9.98. The largest absolute Gasteiger partial charge is 0.493 e. The second kappa shape index (κ2) is 7.31. The van der Waals surface area contributed by atoms with Crippen LogP contribution in [0.2, 0.25) is 0 Å². The molecule has 1 aromatic heterocycles. The lowest BCUT2D eigenvalue weighted by Gasteiger charge is -2.15. The van der Waals surface area contributed by atoms with Gasteiger partial charge in [-0.2, -0.15) is 0 Å². The average Bonchev–Trinajstić information content (AvgIpc) is 2.70. The quantitative estimate of drug-likeness (QED) is 0.632. The van der Waals surface area contributed by atoms with Crippen molar-refractivity contribution in [1.29, 1.82) is 0 Å². The van der Waals surface area contributed by atoms with Crippen molar-refractivity contribution < 1.29 is 23.7 Å². The first-order chi connectivity index (χ1) is 12.6. The Hall–Kier alpha value is -3.28. The fourth-order valence-electron chi connectivity index (χ4n) is 2.87. The van der Waals surface area contributed by atoms with E-state index < -0.39 is 0 Å². The summed E-state index contributed by atoms with van der Waals surface area (Å²) in [5.41, 5.74) is 1.32. The molecule has 0 bridgehead atoms. The fourth-order valence-corrected chi connectivity index (χ4v) is 2.87. The van der Waals surface area contributed by atoms with Gasteiger partial charge in [0.2, 0.25) is 0 Å². The van der Waals surface area contributed by atoms with Gasteiger partial charge in [0.15, 0.2) is 28.8 Å². The smallest absolute Gasteiger partial charge is 0.199 e. The van der Waals surface area contributed by atoms with Gasteiger partial charge in [-0.25, -0.2) is 0 Å². The lowest BCUT2D eigenvalue weighted by molar-refractivity contribution is 0.103. The molecule has 0 amide bonds. The number of nitrogens with zero attached hydrogens (tertiary/aromatic N) is 1. The van der Waals surface area contributed by atoms with Crippen LogP contribution < -0.4 is 18.9 Å². The van der Waals surface area contributed by atoms with Crippen LogP contribution in [0.5, 0.6) is 23.0 Å². The third-order valence-electron chi connectivity index (χ3n) is 4.11. The molecule has 2 aromatic carbocycles. The second-order valence-electron chi connectivity index (χ2n) is 5.46. The third kappa shape index (κ3) is 2.90. The minimum atomic E-state index is -0.245. The molecule has 0 atom stereocenters. The molecule has 0 saturated carbocycles. The number of rotatable bonds is 6. The molecular weight excluding hydrogens is 334 g/mol. The molecule has 0 aliphatic carbocycles. The Morgan fingerprint density at radius 2 is 1.58 bits per heavy atom. The van der Waals surface area contributed by atoms with Crippen molar-refractivity contribution in [1.82, 2.24) is 4.98 Å². The highest BCUT2D eigenvalue weighted by molar-refractivity contribution is 6.18. The Morgan fingerprint density at radius 3 is 2.23 bits per heavy atom. The van der Waals surface area contributed by atoms with Gasteiger partial charge in [0.1, 0.15) is 0 Å². The molecule has 1 heterocycles. The van der Waals surface area contributed by atoms with Gasteiger partial charge >= 0.3 is 0 Å². The molecule has 3 aromatic rings. The zero-order valence-electron chi connectivity index (χ0n) is 15.0. The van der Waals surface area contributed by atoms with Gasteiger partial charge < -0.3 is 18.9 Å². The van der Waals surface area contributed by atoms with Gasteiger partial charge in [0.05, 0.1) is 39.5 Å². The molecule has 3 rings (SSSR count). The maximum atomic E-state index is 13.3. The van der Waals surface area contributed by atoms with E-state index in [2.05, 4.69) is 4.98 Å². The van der Waals surface area contributed by atoms with Gasteiger partial charge in [-0.1, -0.05) is 6.07 Å². The highest BCUT2D eigenvalue weighted by atomic mass is 16.5. The van der Waals surface area contributed by atoms with Crippen LogP contribution in [0.15, 0.2) is 42.6 Å². The number of carbonyl (C=O) groups is 1. The maximum absolute atomic E-state index is 13.3. The maximum Gasteiger partial charge on any atom is 0.199 e. The van der Waals surface area contributed by atoms with Crippen molar-refractivity contribution in [3.63, 3.8) is 0 Å². The van der Waals surface area contributed by atoms with Crippen molar-refractivity contribution >= 4 is 16.7 Å². The first kappa shape index (κ1) is 17.5. The Labute approximate surface area is 151 Å². The number of hydrogen-bond donors (Lipinski definition) is 0. The zero-order chi connectivity index (χ0) is 18.7. The molecule has 6 nitrogen and oxygen atoms in total. The number of benzene rings is 2. The average molecular weight is 353 g/mol. The number of hydrogen-bond acceptors (Lipinski definition) is 6. The van der Waals surface area contributed by atoms with E-state index in [0.717, 1.165) is 5.39 Å². The summed E-state index contributed by atoms with van der Waals surface area (Å²) < 4.78 is 21.4. The first-order valence-corrected chi connectivity index (χ1v) is 7.91. The highest BCUT2D eigenvalue weighted by Gasteiger charge is 2.24. The molecule has 0 saturated heterocycles. The predicted molar refractivity (Wildman–Crippen MR) is 97.8 cm³/mol.